The van der Waals surface area contributed by atoms with E-state index in [1.165, 1.54) is 0 Å². The van der Waals surface area contributed by atoms with Crippen LogP contribution in [0.15, 0.2) is 23.0 Å². The van der Waals surface area contributed by atoms with Gasteiger partial charge in [-0.15, -0.1) is 0 Å². The molecule has 3 rings (SSSR count). The predicted octanol–water partition coefficient (Wildman–Crippen LogP) is 3.23. The highest BCUT2D eigenvalue weighted by Gasteiger charge is 2.26. The Labute approximate surface area is 153 Å². The zero-order valence-electron chi connectivity index (χ0n) is 15.6. The molecule has 2 aromatic rings. The molecule has 0 spiro atoms. The molecule has 0 unspecified atom stereocenters. The van der Waals surface area contributed by atoms with Gasteiger partial charge >= 0.3 is 0 Å². The van der Waals surface area contributed by atoms with Gasteiger partial charge in [0.15, 0.2) is 11.5 Å². The number of fused-ring (bicyclic) bond motifs is 1. The molecular formula is C20H26N2O4. The van der Waals surface area contributed by atoms with Gasteiger partial charge in [0.05, 0.1) is 26.3 Å². The summed E-state index contributed by atoms with van der Waals surface area (Å²) in [7, 11) is 3.14. The van der Waals surface area contributed by atoms with Crippen LogP contribution in [-0.2, 0) is 11.3 Å². The van der Waals surface area contributed by atoms with E-state index in [-0.39, 0.29) is 17.5 Å². The maximum Gasteiger partial charge on any atom is 0.253 e. The van der Waals surface area contributed by atoms with Crippen molar-refractivity contribution in [2.24, 2.45) is 0 Å². The van der Waals surface area contributed by atoms with Crippen LogP contribution in [0.4, 0.5) is 0 Å². The molecule has 1 heterocycles. The van der Waals surface area contributed by atoms with E-state index < -0.39 is 0 Å². The van der Waals surface area contributed by atoms with Crippen LogP contribution in [0, 0.1) is 0 Å². The van der Waals surface area contributed by atoms with Crippen molar-refractivity contribution in [1.29, 1.82) is 0 Å². The van der Waals surface area contributed by atoms with Crippen LogP contribution in [0.2, 0.25) is 0 Å². The average molecular weight is 358 g/mol. The number of pyridine rings is 1. The lowest BCUT2D eigenvalue weighted by molar-refractivity contribution is -0.133. The monoisotopic (exact) mass is 358 g/mol. The lowest BCUT2D eigenvalue weighted by Crippen LogP contribution is -2.39. The Kier molecular flexibility index (Phi) is 5.49. The molecule has 1 aliphatic carbocycles. The number of benzene rings is 1. The van der Waals surface area contributed by atoms with E-state index in [1.807, 2.05) is 24.0 Å². The summed E-state index contributed by atoms with van der Waals surface area (Å²) in [5.41, 5.74) is 1.11. The molecule has 1 saturated carbocycles. The lowest BCUT2D eigenvalue weighted by atomic mass is 10.1. The van der Waals surface area contributed by atoms with Gasteiger partial charge in [-0.05, 0) is 25.0 Å². The van der Waals surface area contributed by atoms with Crippen molar-refractivity contribution in [3.63, 3.8) is 0 Å². The number of rotatable bonds is 6. The van der Waals surface area contributed by atoms with Gasteiger partial charge in [0.2, 0.25) is 5.91 Å². The molecule has 6 nitrogen and oxygen atoms in total. The third-order valence-corrected chi connectivity index (χ3v) is 5.15. The number of carbonyl (C=O) groups excluding carboxylic acids is 1. The van der Waals surface area contributed by atoms with E-state index in [9.17, 15) is 9.59 Å². The first-order valence-electron chi connectivity index (χ1n) is 9.14. The molecule has 0 aliphatic heterocycles. The molecule has 1 fully saturated rings. The number of nitrogens with zero attached hydrogens (tertiary/aromatic N) is 1. The van der Waals surface area contributed by atoms with E-state index in [0.29, 0.717) is 35.5 Å². The Morgan fingerprint density at radius 3 is 2.42 bits per heavy atom. The standard InChI is InChI=1S/C20H26N2O4/c1-4-19(23)22(15-7-5-6-8-15)12-14-9-13-10-17(25-2)18(26-3)11-16(13)21-20(14)24/h9-11,15H,4-8,12H2,1-3H3,(H,21,24). The van der Waals surface area contributed by atoms with E-state index in [1.54, 1.807) is 20.3 Å². The van der Waals surface area contributed by atoms with Crippen LogP contribution in [-0.4, -0.2) is 36.1 Å². The molecule has 1 aromatic heterocycles. The van der Waals surface area contributed by atoms with Gasteiger partial charge in [-0.1, -0.05) is 19.8 Å². The normalized spacial score (nSPS) is 14.6. The van der Waals surface area contributed by atoms with Crippen molar-refractivity contribution < 1.29 is 14.3 Å². The Hall–Kier alpha value is -2.50. The van der Waals surface area contributed by atoms with Crippen LogP contribution in [0.25, 0.3) is 10.9 Å². The number of hydrogen-bond acceptors (Lipinski definition) is 4. The molecule has 0 atom stereocenters. The molecule has 1 aromatic carbocycles. The number of nitrogens with one attached hydrogen (secondary N) is 1. The highest BCUT2D eigenvalue weighted by molar-refractivity contribution is 5.83. The zero-order chi connectivity index (χ0) is 18.7. The van der Waals surface area contributed by atoms with Gasteiger partial charge in [-0.3, -0.25) is 9.59 Å². The van der Waals surface area contributed by atoms with E-state index >= 15 is 0 Å². The number of amides is 1. The number of hydrogen-bond donors (Lipinski definition) is 1. The van der Waals surface area contributed by atoms with Crippen molar-refractivity contribution in [2.45, 2.75) is 51.6 Å². The number of H-pyrrole nitrogens is 1. The van der Waals surface area contributed by atoms with Crippen LogP contribution < -0.4 is 15.0 Å². The summed E-state index contributed by atoms with van der Waals surface area (Å²) < 4.78 is 10.6. The minimum absolute atomic E-state index is 0.101. The third kappa shape index (κ3) is 3.54. The molecule has 1 amide bonds. The molecule has 0 bridgehead atoms. The average Bonchev–Trinajstić information content (AvgIpc) is 3.19. The SMILES string of the molecule is CCC(=O)N(Cc1cc2cc(OC)c(OC)cc2[nH]c1=O)C1CCCC1. The third-order valence-electron chi connectivity index (χ3n) is 5.15. The van der Waals surface area contributed by atoms with Gasteiger partial charge in [-0.25, -0.2) is 0 Å². The fourth-order valence-electron chi connectivity index (χ4n) is 3.72. The predicted molar refractivity (Wildman–Crippen MR) is 101 cm³/mol. The molecule has 26 heavy (non-hydrogen) atoms. The Balaban J connectivity index is 1.99. The number of ether oxygens (including phenoxy) is 2. The van der Waals surface area contributed by atoms with E-state index in [0.717, 1.165) is 31.1 Å². The van der Waals surface area contributed by atoms with Gasteiger partial charge in [-0.2, -0.15) is 0 Å². The van der Waals surface area contributed by atoms with Gasteiger partial charge < -0.3 is 19.4 Å². The van der Waals surface area contributed by atoms with Gasteiger partial charge in [0.25, 0.3) is 5.56 Å². The van der Waals surface area contributed by atoms with Crippen LogP contribution in [0.3, 0.4) is 0 Å². The van der Waals surface area contributed by atoms with Crippen molar-refractivity contribution >= 4 is 16.8 Å². The first kappa shape index (κ1) is 18.3. The second kappa shape index (κ2) is 7.81. The number of carbonyl (C=O) groups is 1. The highest BCUT2D eigenvalue weighted by atomic mass is 16.5. The van der Waals surface area contributed by atoms with Crippen molar-refractivity contribution in [1.82, 2.24) is 9.88 Å². The second-order valence-electron chi connectivity index (χ2n) is 6.73. The Morgan fingerprint density at radius 2 is 1.81 bits per heavy atom. The van der Waals surface area contributed by atoms with Gasteiger partial charge in [0.1, 0.15) is 0 Å². The molecule has 6 heteroatoms. The molecule has 0 radical (unpaired) electrons. The smallest absolute Gasteiger partial charge is 0.253 e. The first-order chi connectivity index (χ1) is 12.6. The van der Waals surface area contributed by atoms with Crippen molar-refractivity contribution in [2.75, 3.05) is 14.2 Å². The topological polar surface area (TPSA) is 71.6 Å². The minimum atomic E-state index is -0.170. The zero-order valence-corrected chi connectivity index (χ0v) is 15.6. The summed E-state index contributed by atoms with van der Waals surface area (Å²) in [6.07, 6.45) is 4.77. The summed E-state index contributed by atoms with van der Waals surface area (Å²) in [5, 5.41) is 0.854. The van der Waals surface area contributed by atoms with Gasteiger partial charge in [0, 0.05) is 29.5 Å². The summed E-state index contributed by atoms with van der Waals surface area (Å²) in [6, 6.07) is 5.68. The summed E-state index contributed by atoms with van der Waals surface area (Å²) in [6.45, 7) is 2.21. The van der Waals surface area contributed by atoms with E-state index in [2.05, 4.69) is 4.98 Å². The molecule has 140 valence electrons. The number of methoxy groups -OCH3 is 2. The quantitative estimate of drug-likeness (QED) is 0.861. The van der Waals surface area contributed by atoms with Crippen molar-refractivity contribution in [3.05, 3.63) is 34.1 Å². The lowest BCUT2D eigenvalue weighted by Gasteiger charge is -2.28. The maximum atomic E-state index is 12.6. The maximum absolute atomic E-state index is 12.6. The van der Waals surface area contributed by atoms with Crippen LogP contribution in [0.5, 0.6) is 11.5 Å². The fraction of sp³-hybridized carbons (Fsp3) is 0.500. The first-order valence-corrected chi connectivity index (χ1v) is 9.14. The second-order valence-corrected chi connectivity index (χ2v) is 6.73. The Morgan fingerprint density at radius 1 is 1.15 bits per heavy atom. The molecule has 1 N–H and O–H groups in total. The minimum Gasteiger partial charge on any atom is -0.493 e. The number of aromatic amines is 1. The van der Waals surface area contributed by atoms with Crippen LogP contribution in [0.1, 0.15) is 44.6 Å². The van der Waals surface area contributed by atoms with Crippen molar-refractivity contribution in [3.8, 4) is 11.5 Å². The van der Waals surface area contributed by atoms with Crippen LogP contribution >= 0.6 is 0 Å². The van der Waals surface area contributed by atoms with E-state index in [4.69, 9.17) is 9.47 Å². The summed E-state index contributed by atoms with van der Waals surface area (Å²) >= 11 is 0. The summed E-state index contributed by atoms with van der Waals surface area (Å²) in [4.78, 5) is 29.8. The highest BCUT2D eigenvalue weighted by Crippen LogP contribution is 2.31. The summed E-state index contributed by atoms with van der Waals surface area (Å²) in [5.74, 6) is 1.27. The largest absolute Gasteiger partial charge is 0.493 e. The molecule has 1 aliphatic rings. The fourth-order valence-corrected chi connectivity index (χ4v) is 3.72. The number of aromatic nitrogens is 1. The molecule has 0 saturated heterocycles. The molecular weight excluding hydrogens is 332 g/mol. The Bertz CT molecular complexity index is 853.